The van der Waals surface area contributed by atoms with Crippen molar-refractivity contribution in [2.24, 2.45) is 0 Å². The molecule has 0 radical (unpaired) electrons. The Morgan fingerprint density at radius 1 is 1.28 bits per heavy atom. The summed E-state index contributed by atoms with van der Waals surface area (Å²) < 4.78 is 32.2. The number of fused-ring (bicyclic) bond motifs is 1. The molecule has 1 aliphatic rings. The molecule has 0 aliphatic carbocycles. The molecule has 8 nitrogen and oxygen atoms in total. The van der Waals surface area contributed by atoms with Crippen LogP contribution in [0.4, 0.5) is 5.13 Å². The van der Waals surface area contributed by atoms with Gasteiger partial charge in [-0.3, -0.25) is 10.1 Å². The van der Waals surface area contributed by atoms with Gasteiger partial charge in [0.1, 0.15) is 9.77 Å². The number of thiophene rings is 2. The molecule has 0 unspecified atom stereocenters. The van der Waals surface area contributed by atoms with E-state index < -0.39 is 16.0 Å². The molecule has 1 amide bonds. The second-order valence-electron chi connectivity index (χ2n) is 6.05. The molecule has 4 heterocycles. The van der Waals surface area contributed by atoms with Gasteiger partial charge in [-0.2, -0.15) is 15.6 Å². The minimum atomic E-state index is -3.86. The first-order chi connectivity index (χ1) is 13.9. The number of thiazole rings is 1. The van der Waals surface area contributed by atoms with E-state index in [0.29, 0.717) is 17.1 Å². The van der Waals surface area contributed by atoms with Crippen molar-refractivity contribution in [2.45, 2.75) is 17.9 Å². The van der Waals surface area contributed by atoms with E-state index in [4.69, 9.17) is 0 Å². The molecule has 3 aromatic rings. The van der Waals surface area contributed by atoms with Gasteiger partial charge in [-0.1, -0.05) is 0 Å². The van der Waals surface area contributed by atoms with Gasteiger partial charge in [-0.25, -0.2) is 18.2 Å². The minimum absolute atomic E-state index is 0.0479. The molecule has 0 saturated heterocycles. The summed E-state index contributed by atoms with van der Waals surface area (Å²) in [6.45, 7) is 0.382. The fourth-order valence-electron chi connectivity index (χ4n) is 2.87. The van der Waals surface area contributed by atoms with Crippen molar-refractivity contribution in [1.29, 1.82) is 0 Å². The number of carbonyl (C=O) groups is 2. The van der Waals surface area contributed by atoms with Gasteiger partial charge in [0.2, 0.25) is 10.0 Å². The Labute approximate surface area is 178 Å². The van der Waals surface area contributed by atoms with Crippen molar-refractivity contribution < 1.29 is 22.7 Å². The Kier molecular flexibility index (Phi) is 5.53. The summed E-state index contributed by atoms with van der Waals surface area (Å²) in [5.74, 6) is -0.921. The van der Waals surface area contributed by atoms with Crippen LogP contribution in [-0.2, 0) is 27.7 Å². The van der Waals surface area contributed by atoms with Crippen molar-refractivity contribution >= 4 is 61.0 Å². The number of hydrogen-bond acceptors (Lipinski definition) is 9. The molecule has 0 atom stereocenters. The van der Waals surface area contributed by atoms with Crippen molar-refractivity contribution in [1.82, 2.24) is 9.29 Å². The molecular formula is C17H15N3O5S4. The Balaban J connectivity index is 1.54. The highest BCUT2D eigenvalue weighted by atomic mass is 32.2. The average molecular weight is 470 g/mol. The topological polar surface area (TPSA) is 106 Å². The fraction of sp³-hybridized carbons (Fsp3) is 0.235. The summed E-state index contributed by atoms with van der Waals surface area (Å²) in [6, 6.07) is 3.14. The lowest BCUT2D eigenvalue weighted by Crippen LogP contribution is -2.36. The zero-order valence-corrected chi connectivity index (χ0v) is 18.3. The maximum atomic E-state index is 13.1. The Morgan fingerprint density at radius 3 is 2.83 bits per heavy atom. The van der Waals surface area contributed by atoms with Crippen molar-refractivity contribution in [3.8, 4) is 0 Å². The van der Waals surface area contributed by atoms with Crippen LogP contribution in [0.1, 0.15) is 30.6 Å². The van der Waals surface area contributed by atoms with Crippen LogP contribution in [0, 0.1) is 0 Å². The summed E-state index contributed by atoms with van der Waals surface area (Å²) in [4.78, 5) is 29.3. The predicted molar refractivity (Wildman–Crippen MR) is 111 cm³/mol. The lowest BCUT2D eigenvalue weighted by atomic mass is 10.2. The third-order valence-electron chi connectivity index (χ3n) is 4.32. The number of rotatable bonds is 5. The lowest BCUT2D eigenvalue weighted by Gasteiger charge is -2.25. The second-order valence-corrected chi connectivity index (χ2v) is 10.7. The normalized spacial score (nSPS) is 14.4. The maximum absolute atomic E-state index is 13.1. The summed E-state index contributed by atoms with van der Waals surface area (Å²) in [7, 11) is -2.64. The number of nitrogens with zero attached hydrogens (tertiary/aromatic N) is 2. The molecule has 0 saturated carbocycles. The first kappa shape index (κ1) is 20.2. The van der Waals surface area contributed by atoms with Gasteiger partial charge in [-0.05, 0) is 22.9 Å². The van der Waals surface area contributed by atoms with E-state index in [2.05, 4.69) is 15.0 Å². The van der Waals surface area contributed by atoms with Gasteiger partial charge in [0.15, 0.2) is 5.13 Å². The first-order valence-corrected chi connectivity index (χ1v) is 12.5. The van der Waals surface area contributed by atoms with Gasteiger partial charge in [-0.15, -0.1) is 22.7 Å². The largest absolute Gasteiger partial charge is 0.465 e. The molecule has 29 heavy (non-hydrogen) atoms. The number of nitrogens with one attached hydrogen (secondary N) is 1. The maximum Gasteiger partial charge on any atom is 0.349 e. The monoisotopic (exact) mass is 469 g/mol. The number of ether oxygens (including phenoxy) is 1. The molecule has 3 aromatic heterocycles. The third-order valence-corrected chi connectivity index (χ3v) is 8.91. The van der Waals surface area contributed by atoms with E-state index in [0.717, 1.165) is 21.9 Å². The summed E-state index contributed by atoms with van der Waals surface area (Å²) >= 11 is 3.72. The van der Waals surface area contributed by atoms with Crippen molar-refractivity contribution in [3.05, 3.63) is 49.3 Å². The highest BCUT2D eigenvalue weighted by molar-refractivity contribution is 7.89. The molecule has 152 valence electrons. The van der Waals surface area contributed by atoms with E-state index in [1.54, 1.807) is 16.8 Å². The fourth-order valence-corrected chi connectivity index (χ4v) is 7.33. The summed E-state index contributed by atoms with van der Waals surface area (Å²) in [5.41, 5.74) is 1.33. The minimum Gasteiger partial charge on any atom is -0.465 e. The average Bonchev–Trinajstić information content (AvgIpc) is 3.46. The number of aromatic nitrogens is 1. The number of hydrogen-bond donors (Lipinski definition) is 1. The number of carbonyl (C=O) groups excluding carboxylic acids is 2. The zero-order chi connectivity index (χ0) is 20.6. The smallest absolute Gasteiger partial charge is 0.349 e. The SMILES string of the molecule is COC(=O)c1sccc1S(=O)(=O)N1CCc2nc(NC(=O)c3ccsc3)sc2C1. The predicted octanol–water partition coefficient (Wildman–Crippen LogP) is 3.05. The Bertz CT molecular complexity index is 1160. The Hall–Kier alpha value is -2.12. The summed E-state index contributed by atoms with van der Waals surface area (Å²) in [6.07, 6.45) is 0.428. The molecule has 1 N–H and O–H groups in total. The van der Waals surface area contributed by atoms with Crippen LogP contribution < -0.4 is 5.32 Å². The van der Waals surface area contributed by atoms with Crippen molar-refractivity contribution in [2.75, 3.05) is 19.0 Å². The standard InChI is InChI=1S/C17H15N3O5S4/c1-25-16(22)14-13(4-7-27-14)29(23,24)20-5-2-11-12(8-20)28-17(18-11)19-15(21)10-3-6-26-9-10/h3-4,6-7,9H,2,5,8H2,1H3,(H,18,19,21). The molecule has 0 bridgehead atoms. The van der Waals surface area contributed by atoms with Gasteiger partial charge in [0.05, 0.1) is 24.9 Å². The number of esters is 1. The van der Waals surface area contributed by atoms with Gasteiger partial charge >= 0.3 is 5.97 Å². The Morgan fingerprint density at radius 2 is 2.10 bits per heavy atom. The van der Waals surface area contributed by atoms with Gasteiger partial charge in [0.25, 0.3) is 5.91 Å². The number of amides is 1. The van der Waals surface area contributed by atoms with E-state index in [9.17, 15) is 18.0 Å². The number of methoxy groups -OCH3 is 1. The molecule has 0 fully saturated rings. The van der Waals surface area contributed by atoms with Crippen LogP contribution in [0.25, 0.3) is 0 Å². The quantitative estimate of drug-likeness (QED) is 0.576. The van der Waals surface area contributed by atoms with E-state index >= 15 is 0 Å². The molecule has 1 aliphatic heterocycles. The zero-order valence-electron chi connectivity index (χ0n) is 15.1. The number of anilines is 1. The van der Waals surface area contributed by atoms with Gasteiger partial charge in [0, 0.05) is 23.2 Å². The van der Waals surface area contributed by atoms with Crippen molar-refractivity contribution in [3.63, 3.8) is 0 Å². The molecule has 4 rings (SSSR count). The van der Waals surface area contributed by atoms with E-state index in [1.165, 1.54) is 40.2 Å². The van der Waals surface area contributed by atoms with Crippen LogP contribution in [-0.4, -0.2) is 43.2 Å². The lowest BCUT2D eigenvalue weighted by molar-refractivity contribution is 0.0602. The van der Waals surface area contributed by atoms with Gasteiger partial charge < -0.3 is 4.74 Å². The molecular weight excluding hydrogens is 454 g/mol. The summed E-state index contributed by atoms with van der Waals surface area (Å²) in [5, 5.41) is 8.32. The van der Waals surface area contributed by atoms with Crippen LogP contribution in [0.15, 0.2) is 33.2 Å². The molecule has 0 spiro atoms. The van der Waals surface area contributed by atoms with Crippen LogP contribution >= 0.6 is 34.0 Å². The molecule has 0 aromatic carbocycles. The van der Waals surface area contributed by atoms with E-state index in [-0.39, 0.29) is 28.8 Å². The number of sulfonamides is 1. The highest BCUT2D eigenvalue weighted by Crippen LogP contribution is 2.33. The molecule has 12 heteroatoms. The first-order valence-electron chi connectivity index (χ1n) is 8.38. The van der Waals surface area contributed by atoms with Crippen LogP contribution in [0.2, 0.25) is 0 Å². The van der Waals surface area contributed by atoms with Crippen LogP contribution in [0.3, 0.4) is 0 Å². The second kappa shape index (κ2) is 7.95. The highest BCUT2D eigenvalue weighted by Gasteiger charge is 2.34. The van der Waals surface area contributed by atoms with Crippen LogP contribution in [0.5, 0.6) is 0 Å². The third kappa shape index (κ3) is 3.85. The van der Waals surface area contributed by atoms with E-state index in [1.807, 2.05) is 5.38 Å².